The number of para-hydroxylation sites is 2. The molecule has 0 spiro atoms. The number of halogens is 1. The number of hydrogen-bond donors (Lipinski definition) is 1. The molecule has 1 heterocycles. The summed E-state index contributed by atoms with van der Waals surface area (Å²) in [5.41, 5.74) is 2.04. The molecule has 1 amide bonds. The number of carbonyl (C=O) groups excluding carboxylic acids is 2. The Morgan fingerprint density at radius 1 is 0.875 bits per heavy atom. The minimum atomic E-state index is -0.586. The van der Waals surface area contributed by atoms with Gasteiger partial charge in [0.1, 0.15) is 12.4 Å². The van der Waals surface area contributed by atoms with Crippen LogP contribution in [0.3, 0.4) is 0 Å². The van der Waals surface area contributed by atoms with Crippen LogP contribution in [0.5, 0.6) is 0 Å². The lowest BCUT2D eigenvalue weighted by molar-refractivity contribution is -0.149. The zero-order valence-electron chi connectivity index (χ0n) is 17.2. The summed E-state index contributed by atoms with van der Waals surface area (Å²) in [4.78, 5) is 37.3. The number of amides is 1. The quantitative estimate of drug-likeness (QED) is 0.359. The van der Waals surface area contributed by atoms with E-state index in [1.54, 1.807) is 65.2 Å². The molecule has 0 aliphatic rings. The molecule has 0 bridgehead atoms. The van der Waals surface area contributed by atoms with E-state index >= 15 is 0 Å². The second kappa shape index (κ2) is 9.43. The van der Waals surface area contributed by atoms with Gasteiger partial charge in [-0.3, -0.25) is 14.4 Å². The van der Waals surface area contributed by atoms with Crippen LogP contribution in [0.1, 0.15) is 5.56 Å². The minimum absolute atomic E-state index is 0.0960. The van der Waals surface area contributed by atoms with E-state index in [9.17, 15) is 18.8 Å². The molecule has 1 N–H and O–H groups in total. The predicted octanol–water partition coefficient (Wildman–Crippen LogP) is 3.20. The van der Waals surface area contributed by atoms with Gasteiger partial charge in [-0.25, -0.2) is 4.39 Å². The molecule has 32 heavy (non-hydrogen) atoms. The van der Waals surface area contributed by atoms with E-state index in [4.69, 9.17) is 4.74 Å². The third-order valence-corrected chi connectivity index (χ3v) is 5.18. The molecule has 0 fully saturated rings. The molecule has 0 unspecified atom stereocenters. The Kier molecular flexibility index (Phi) is 6.26. The number of nitrogens with zero attached hydrogens (tertiary/aromatic N) is 1. The number of carbonyl (C=O) groups is 2. The van der Waals surface area contributed by atoms with Crippen LogP contribution in [0.2, 0.25) is 0 Å². The van der Waals surface area contributed by atoms with E-state index in [1.807, 2.05) is 0 Å². The number of hydrogen-bond acceptors (Lipinski definition) is 4. The van der Waals surface area contributed by atoms with E-state index in [0.29, 0.717) is 34.8 Å². The van der Waals surface area contributed by atoms with Gasteiger partial charge in [-0.2, -0.15) is 0 Å². The van der Waals surface area contributed by atoms with Crippen LogP contribution in [0.25, 0.3) is 21.8 Å². The lowest BCUT2D eigenvalue weighted by Crippen LogP contribution is -2.31. The molecule has 162 valence electrons. The van der Waals surface area contributed by atoms with Crippen molar-refractivity contribution in [3.63, 3.8) is 0 Å². The molecule has 6 nitrogen and oxygen atoms in total. The van der Waals surface area contributed by atoms with Crippen LogP contribution in [0.15, 0.2) is 77.6 Å². The minimum Gasteiger partial charge on any atom is -0.454 e. The summed E-state index contributed by atoms with van der Waals surface area (Å²) < 4.78 is 19.8. The van der Waals surface area contributed by atoms with Crippen molar-refractivity contribution < 1.29 is 18.7 Å². The molecule has 0 atom stereocenters. The fraction of sp³-hybridized carbons (Fsp3) is 0.160. The molecule has 0 aliphatic carbocycles. The van der Waals surface area contributed by atoms with Gasteiger partial charge in [-0.15, -0.1) is 0 Å². The van der Waals surface area contributed by atoms with Gasteiger partial charge < -0.3 is 14.6 Å². The first kappa shape index (κ1) is 21.2. The Morgan fingerprint density at radius 3 is 2.09 bits per heavy atom. The molecule has 1 aromatic heterocycles. The van der Waals surface area contributed by atoms with E-state index in [1.165, 1.54) is 12.1 Å². The van der Waals surface area contributed by atoms with Crippen molar-refractivity contribution in [1.29, 1.82) is 0 Å². The Hall–Kier alpha value is -4.00. The first-order valence-corrected chi connectivity index (χ1v) is 10.2. The summed E-state index contributed by atoms with van der Waals surface area (Å²) in [5.74, 6) is -1.32. The number of nitrogens with one attached hydrogen (secondary N) is 1. The van der Waals surface area contributed by atoms with Gasteiger partial charge in [0.05, 0.1) is 11.0 Å². The summed E-state index contributed by atoms with van der Waals surface area (Å²) in [6.07, 6.45) is 0.537. The number of pyridine rings is 1. The maximum atomic E-state index is 12.9. The molecule has 0 saturated carbocycles. The van der Waals surface area contributed by atoms with Crippen molar-refractivity contribution in [2.75, 3.05) is 13.2 Å². The standard InChI is InChI=1S/C25H21FN2O4/c26-18-11-9-17(10-12-18)13-14-27-23(29)16-32-24(30)15-28-21-7-3-1-5-19(21)25(31)20-6-2-4-8-22(20)28/h1-12H,13-16H2,(H,27,29). The second-order valence-electron chi connectivity index (χ2n) is 7.34. The number of fused-ring (bicyclic) bond motifs is 2. The number of benzene rings is 3. The molecular formula is C25H21FN2O4. The van der Waals surface area contributed by atoms with Crippen LogP contribution in [0, 0.1) is 5.82 Å². The average molecular weight is 432 g/mol. The lowest BCUT2D eigenvalue weighted by atomic mass is 10.1. The fourth-order valence-electron chi connectivity index (χ4n) is 3.62. The maximum absolute atomic E-state index is 12.9. The predicted molar refractivity (Wildman–Crippen MR) is 120 cm³/mol. The van der Waals surface area contributed by atoms with Gasteiger partial charge >= 0.3 is 5.97 Å². The van der Waals surface area contributed by atoms with Crippen LogP contribution in [-0.2, 0) is 27.3 Å². The van der Waals surface area contributed by atoms with Crippen LogP contribution in [0.4, 0.5) is 4.39 Å². The van der Waals surface area contributed by atoms with Gasteiger partial charge in [-0.05, 0) is 48.4 Å². The molecule has 0 saturated heterocycles. The van der Waals surface area contributed by atoms with Gasteiger partial charge in [0.2, 0.25) is 0 Å². The summed E-state index contributed by atoms with van der Waals surface area (Å²) in [6, 6.07) is 20.2. The normalized spacial score (nSPS) is 10.9. The third kappa shape index (κ3) is 4.67. The van der Waals surface area contributed by atoms with Crippen molar-refractivity contribution in [2.45, 2.75) is 13.0 Å². The first-order valence-electron chi connectivity index (χ1n) is 10.2. The third-order valence-electron chi connectivity index (χ3n) is 5.18. The molecule has 0 aliphatic heterocycles. The van der Waals surface area contributed by atoms with Crippen molar-refractivity contribution in [3.8, 4) is 0 Å². The van der Waals surface area contributed by atoms with Crippen LogP contribution in [-0.4, -0.2) is 29.6 Å². The summed E-state index contributed by atoms with van der Waals surface area (Å²) in [5, 5.41) is 3.70. The average Bonchev–Trinajstić information content (AvgIpc) is 2.82. The SMILES string of the molecule is O=C(COC(=O)Cn1c2ccccc2c(=O)c2ccccc21)NCCc1ccc(F)cc1. The lowest BCUT2D eigenvalue weighted by Gasteiger charge is -2.14. The highest BCUT2D eigenvalue weighted by atomic mass is 19.1. The monoisotopic (exact) mass is 432 g/mol. The van der Waals surface area contributed by atoms with Gasteiger partial charge in [-0.1, -0.05) is 36.4 Å². The number of aromatic nitrogens is 1. The maximum Gasteiger partial charge on any atom is 0.326 e. The fourth-order valence-corrected chi connectivity index (χ4v) is 3.62. The van der Waals surface area contributed by atoms with Crippen LogP contribution >= 0.6 is 0 Å². The Labute approximate surface area is 183 Å². The largest absolute Gasteiger partial charge is 0.454 e. The highest BCUT2D eigenvalue weighted by Gasteiger charge is 2.14. The molecule has 7 heteroatoms. The van der Waals surface area contributed by atoms with E-state index in [-0.39, 0.29) is 17.8 Å². The summed E-state index contributed by atoms with van der Waals surface area (Å²) in [6.45, 7) is -0.195. The zero-order valence-corrected chi connectivity index (χ0v) is 17.2. The highest BCUT2D eigenvalue weighted by molar-refractivity contribution is 5.94. The first-order chi connectivity index (χ1) is 15.5. The Bertz CT molecular complexity index is 1290. The van der Waals surface area contributed by atoms with Gasteiger partial charge in [0.25, 0.3) is 5.91 Å². The highest BCUT2D eigenvalue weighted by Crippen LogP contribution is 2.19. The number of ether oxygens (including phenoxy) is 1. The van der Waals surface area contributed by atoms with Crippen molar-refractivity contribution >= 4 is 33.7 Å². The topological polar surface area (TPSA) is 77.4 Å². The smallest absolute Gasteiger partial charge is 0.326 e. The molecule has 4 rings (SSSR count). The second-order valence-corrected chi connectivity index (χ2v) is 7.34. The van der Waals surface area contributed by atoms with Crippen LogP contribution < -0.4 is 10.7 Å². The number of esters is 1. The van der Waals surface area contributed by atoms with Crippen molar-refractivity contribution in [3.05, 3.63) is 94.4 Å². The Balaban J connectivity index is 1.39. The summed E-state index contributed by atoms with van der Waals surface area (Å²) in [7, 11) is 0. The van der Waals surface area contributed by atoms with Gasteiger partial charge in [0, 0.05) is 17.3 Å². The molecule has 3 aromatic carbocycles. The Morgan fingerprint density at radius 2 is 1.47 bits per heavy atom. The van der Waals surface area contributed by atoms with E-state index in [0.717, 1.165) is 5.56 Å². The zero-order chi connectivity index (χ0) is 22.5. The number of rotatable bonds is 7. The molecule has 4 aromatic rings. The summed E-state index contributed by atoms with van der Waals surface area (Å²) >= 11 is 0. The van der Waals surface area contributed by atoms with E-state index < -0.39 is 18.5 Å². The van der Waals surface area contributed by atoms with Crippen molar-refractivity contribution in [2.24, 2.45) is 0 Å². The van der Waals surface area contributed by atoms with Gasteiger partial charge in [0.15, 0.2) is 12.0 Å². The van der Waals surface area contributed by atoms with E-state index in [2.05, 4.69) is 5.32 Å². The molecular weight excluding hydrogens is 411 g/mol. The van der Waals surface area contributed by atoms with Crippen molar-refractivity contribution in [1.82, 2.24) is 9.88 Å². The molecule has 0 radical (unpaired) electrons.